The van der Waals surface area contributed by atoms with E-state index in [-0.39, 0.29) is 35.0 Å². The Morgan fingerprint density at radius 3 is 2.18 bits per heavy atom. The van der Waals surface area contributed by atoms with E-state index in [1.54, 1.807) is 31.2 Å². The molecule has 0 saturated carbocycles. The number of furan rings is 1. The fraction of sp³-hybridized carbons (Fsp3) is 0.227. The van der Waals surface area contributed by atoms with Crippen LogP contribution in [-0.4, -0.2) is 35.8 Å². The molecule has 0 unspecified atom stereocenters. The van der Waals surface area contributed by atoms with Crippen LogP contribution in [0, 0.1) is 13.8 Å². The second-order valence-corrected chi connectivity index (χ2v) is 10.9. The van der Waals surface area contributed by atoms with Gasteiger partial charge in [-0.05, 0) is 55.8 Å². The van der Waals surface area contributed by atoms with E-state index in [0.717, 1.165) is 5.56 Å². The molecule has 0 atom stereocenters. The van der Waals surface area contributed by atoms with E-state index in [1.807, 2.05) is 6.92 Å². The van der Waals surface area contributed by atoms with Crippen LogP contribution in [0.1, 0.15) is 27.2 Å². The molecule has 1 heterocycles. The summed E-state index contributed by atoms with van der Waals surface area (Å²) in [6.07, 6.45) is 1.44. The first-order valence-electron chi connectivity index (χ1n) is 10.1. The smallest absolute Gasteiger partial charge is 0.251 e. The van der Waals surface area contributed by atoms with Gasteiger partial charge in [-0.25, -0.2) is 26.3 Å². The van der Waals surface area contributed by atoms with Crippen molar-refractivity contribution < 1.29 is 26.0 Å². The topological polar surface area (TPSA) is 135 Å². The number of hydrogen-bond acceptors (Lipinski definition) is 6. The normalized spacial score (nSPS) is 11.9. The number of hydrogen-bond donors (Lipinski definition) is 3. The van der Waals surface area contributed by atoms with Gasteiger partial charge in [0.25, 0.3) is 5.91 Å². The molecule has 1 aromatic heterocycles. The Labute approximate surface area is 193 Å². The molecule has 0 aliphatic carbocycles. The van der Waals surface area contributed by atoms with E-state index < -0.39 is 26.0 Å². The Hall–Kier alpha value is -2.99. The standard InChI is InChI=1S/C22H25N3O6S2/c1-16-5-8-19(9-6-16)32(27,28)24-12-11-23-22(26)21-14-20(10-7-17(21)2)33(29,30)25-15-18-4-3-13-31-18/h3-10,13-14,24-25H,11-12,15H2,1-2H3,(H,23,26). The van der Waals surface area contributed by atoms with Gasteiger partial charge in [0.05, 0.1) is 22.6 Å². The van der Waals surface area contributed by atoms with Crippen LogP contribution < -0.4 is 14.8 Å². The Bertz CT molecular complexity index is 1320. The van der Waals surface area contributed by atoms with E-state index in [2.05, 4.69) is 14.8 Å². The molecule has 1 amide bonds. The lowest BCUT2D eigenvalue weighted by molar-refractivity contribution is 0.0953. The quantitative estimate of drug-likeness (QED) is 0.372. The maximum atomic E-state index is 12.6. The maximum absolute atomic E-state index is 12.6. The van der Waals surface area contributed by atoms with E-state index in [9.17, 15) is 21.6 Å². The molecule has 0 bridgehead atoms. The minimum Gasteiger partial charge on any atom is -0.468 e. The molecule has 0 radical (unpaired) electrons. The van der Waals surface area contributed by atoms with Crippen molar-refractivity contribution in [2.45, 2.75) is 30.2 Å². The fourth-order valence-electron chi connectivity index (χ4n) is 2.93. The second kappa shape index (κ2) is 10.3. The maximum Gasteiger partial charge on any atom is 0.251 e. The van der Waals surface area contributed by atoms with Crippen LogP contribution in [0.4, 0.5) is 0 Å². The van der Waals surface area contributed by atoms with Crippen molar-refractivity contribution in [3.05, 3.63) is 83.3 Å². The highest BCUT2D eigenvalue weighted by molar-refractivity contribution is 7.89. The van der Waals surface area contributed by atoms with Crippen LogP contribution in [0.25, 0.3) is 0 Å². The highest BCUT2D eigenvalue weighted by atomic mass is 32.2. The van der Waals surface area contributed by atoms with Gasteiger partial charge in [0, 0.05) is 18.7 Å². The molecule has 3 N–H and O–H groups in total. The molecule has 11 heteroatoms. The van der Waals surface area contributed by atoms with Gasteiger partial charge in [-0.1, -0.05) is 23.8 Å². The number of nitrogens with one attached hydrogen (secondary N) is 3. The SMILES string of the molecule is Cc1ccc(S(=O)(=O)NCCNC(=O)c2cc(S(=O)(=O)NCc3ccco3)ccc2C)cc1. The first kappa shape index (κ1) is 24.6. The molecule has 33 heavy (non-hydrogen) atoms. The summed E-state index contributed by atoms with van der Waals surface area (Å²) in [5.74, 6) is -0.0538. The molecule has 0 spiro atoms. The average Bonchev–Trinajstić information content (AvgIpc) is 3.29. The number of rotatable bonds is 10. The molecular weight excluding hydrogens is 466 g/mol. The highest BCUT2D eigenvalue weighted by Crippen LogP contribution is 2.16. The minimum absolute atomic E-state index is 0.0220. The van der Waals surface area contributed by atoms with Gasteiger partial charge in [0.15, 0.2) is 0 Å². The van der Waals surface area contributed by atoms with Gasteiger partial charge >= 0.3 is 0 Å². The summed E-state index contributed by atoms with van der Waals surface area (Å²) < 4.78 is 59.7. The van der Waals surface area contributed by atoms with Gasteiger partial charge in [-0.2, -0.15) is 0 Å². The van der Waals surface area contributed by atoms with Crippen LogP contribution in [0.15, 0.2) is 75.1 Å². The summed E-state index contributed by atoms with van der Waals surface area (Å²) in [5, 5.41) is 2.61. The van der Waals surface area contributed by atoms with Gasteiger partial charge in [0.1, 0.15) is 5.76 Å². The molecule has 9 nitrogen and oxygen atoms in total. The first-order valence-corrected chi connectivity index (χ1v) is 13.0. The van der Waals surface area contributed by atoms with Crippen molar-refractivity contribution in [1.29, 1.82) is 0 Å². The van der Waals surface area contributed by atoms with Crippen molar-refractivity contribution in [2.24, 2.45) is 0 Å². The second-order valence-electron chi connectivity index (χ2n) is 7.35. The predicted octanol–water partition coefficient (Wildman–Crippen LogP) is 2.08. The molecule has 176 valence electrons. The van der Waals surface area contributed by atoms with Crippen LogP contribution >= 0.6 is 0 Å². The van der Waals surface area contributed by atoms with E-state index in [4.69, 9.17) is 4.42 Å². The molecule has 0 saturated heterocycles. The van der Waals surface area contributed by atoms with Crippen molar-refractivity contribution in [2.75, 3.05) is 13.1 Å². The summed E-state index contributed by atoms with van der Waals surface area (Å²) in [6, 6.07) is 13.9. The van der Waals surface area contributed by atoms with Crippen molar-refractivity contribution >= 4 is 26.0 Å². The van der Waals surface area contributed by atoms with Crippen molar-refractivity contribution in [1.82, 2.24) is 14.8 Å². The molecule has 0 aliphatic heterocycles. The van der Waals surface area contributed by atoms with Crippen LogP contribution in [0.3, 0.4) is 0 Å². The van der Waals surface area contributed by atoms with E-state index >= 15 is 0 Å². The first-order chi connectivity index (χ1) is 15.6. The highest BCUT2D eigenvalue weighted by Gasteiger charge is 2.19. The zero-order chi connectivity index (χ0) is 24.1. The minimum atomic E-state index is -3.87. The largest absolute Gasteiger partial charge is 0.468 e. The number of aryl methyl sites for hydroxylation is 2. The van der Waals surface area contributed by atoms with Crippen LogP contribution in [-0.2, 0) is 26.6 Å². The Balaban J connectivity index is 1.60. The Morgan fingerprint density at radius 1 is 0.848 bits per heavy atom. The van der Waals surface area contributed by atoms with Gasteiger partial charge in [0.2, 0.25) is 20.0 Å². The zero-order valence-electron chi connectivity index (χ0n) is 18.2. The summed E-state index contributed by atoms with van der Waals surface area (Å²) in [5.41, 5.74) is 1.70. The summed E-state index contributed by atoms with van der Waals surface area (Å²) in [6.45, 7) is 3.52. The number of carbonyl (C=O) groups excluding carboxylic acids is 1. The van der Waals surface area contributed by atoms with Crippen LogP contribution in [0.5, 0.6) is 0 Å². The molecule has 2 aromatic carbocycles. The van der Waals surface area contributed by atoms with Gasteiger partial charge in [-0.15, -0.1) is 0 Å². The third-order valence-corrected chi connectivity index (χ3v) is 7.69. The number of amides is 1. The Morgan fingerprint density at radius 2 is 1.52 bits per heavy atom. The molecule has 0 aliphatic rings. The fourth-order valence-corrected chi connectivity index (χ4v) is 4.98. The van der Waals surface area contributed by atoms with E-state index in [1.165, 1.54) is 36.6 Å². The van der Waals surface area contributed by atoms with Crippen LogP contribution in [0.2, 0.25) is 0 Å². The lowest BCUT2D eigenvalue weighted by Crippen LogP contribution is -2.35. The number of sulfonamides is 2. The summed E-state index contributed by atoms with van der Waals surface area (Å²) in [7, 11) is -7.56. The summed E-state index contributed by atoms with van der Waals surface area (Å²) >= 11 is 0. The predicted molar refractivity (Wildman–Crippen MR) is 123 cm³/mol. The molecular formula is C22H25N3O6S2. The van der Waals surface area contributed by atoms with Gasteiger partial charge < -0.3 is 9.73 Å². The van der Waals surface area contributed by atoms with E-state index in [0.29, 0.717) is 11.3 Å². The van der Waals surface area contributed by atoms with Crippen molar-refractivity contribution in [3.63, 3.8) is 0 Å². The monoisotopic (exact) mass is 491 g/mol. The Kier molecular flexibility index (Phi) is 7.69. The molecule has 0 fully saturated rings. The van der Waals surface area contributed by atoms with Gasteiger partial charge in [-0.3, -0.25) is 4.79 Å². The lowest BCUT2D eigenvalue weighted by atomic mass is 10.1. The number of carbonyl (C=O) groups is 1. The molecule has 3 aromatic rings. The van der Waals surface area contributed by atoms with Crippen molar-refractivity contribution in [3.8, 4) is 0 Å². The number of benzene rings is 2. The average molecular weight is 492 g/mol. The summed E-state index contributed by atoms with van der Waals surface area (Å²) in [4.78, 5) is 12.7. The third kappa shape index (κ3) is 6.51. The molecule has 3 rings (SSSR count). The lowest BCUT2D eigenvalue weighted by Gasteiger charge is -2.11. The third-order valence-electron chi connectivity index (χ3n) is 4.81. The zero-order valence-corrected chi connectivity index (χ0v) is 19.8.